The molecule has 142 valence electrons. The summed E-state index contributed by atoms with van der Waals surface area (Å²) < 4.78 is 0. The first-order chi connectivity index (χ1) is 14.1. The zero-order chi connectivity index (χ0) is 20.0. The van der Waals surface area contributed by atoms with Crippen LogP contribution in [0, 0.1) is 0 Å². The Balaban J connectivity index is 1.37. The van der Waals surface area contributed by atoms with Crippen molar-refractivity contribution < 1.29 is 4.79 Å². The number of hydrogen-bond acceptors (Lipinski definition) is 3. The number of Topliss-reactive ketones (excluding diaryl/α,β-unsaturated/α-hetero) is 1. The third-order valence-electron chi connectivity index (χ3n) is 5.68. The molecule has 3 heteroatoms. The predicted octanol–water partition coefficient (Wildman–Crippen LogP) is 6.55. The highest BCUT2D eigenvalue weighted by Gasteiger charge is 2.39. The van der Waals surface area contributed by atoms with E-state index in [1.54, 1.807) is 11.8 Å². The third kappa shape index (κ3) is 2.93. The molecular formula is C26H21NOS. The van der Waals surface area contributed by atoms with Gasteiger partial charge in [0.15, 0.2) is 0 Å². The van der Waals surface area contributed by atoms with Crippen LogP contribution in [0.25, 0.3) is 0 Å². The molecule has 0 aromatic heterocycles. The summed E-state index contributed by atoms with van der Waals surface area (Å²) in [5.74, 6) is 0.115. The molecule has 2 aromatic rings. The zero-order valence-corrected chi connectivity index (χ0v) is 17.2. The van der Waals surface area contributed by atoms with E-state index >= 15 is 0 Å². The van der Waals surface area contributed by atoms with Crippen LogP contribution in [0.2, 0.25) is 0 Å². The normalized spacial score (nSPS) is 21.7. The highest BCUT2D eigenvalue weighted by atomic mass is 32.2. The Hall–Kier alpha value is -3.04. The van der Waals surface area contributed by atoms with Crippen molar-refractivity contribution in [3.05, 3.63) is 118 Å². The number of thioether (sulfide) groups is 1. The quantitative estimate of drug-likeness (QED) is 0.538. The van der Waals surface area contributed by atoms with E-state index in [-0.39, 0.29) is 11.2 Å². The lowest BCUT2D eigenvalue weighted by atomic mass is 9.83. The number of fused-ring (bicyclic) bond motifs is 4. The summed E-state index contributed by atoms with van der Waals surface area (Å²) in [6, 6.07) is 16.4. The van der Waals surface area contributed by atoms with E-state index in [0.717, 1.165) is 20.9 Å². The Morgan fingerprint density at radius 1 is 0.966 bits per heavy atom. The molecule has 0 aliphatic carbocycles. The standard InChI is InChI=1S/C26H21NOS/c1-26(2)20-11-5-6-12-21(20)27-16-15-18(17-24(26)27)9-3-7-14-23-25(28)19-10-4-8-13-22(19)29-23/h3-17H,1-2H3/b7-3+,18-9+,23-14-. The summed E-state index contributed by atoms with van der Waals surface area (Å²) >= 11 is 1.54. The molecular weight excluding hydrogens is 374 g/mol. The lowest BCUT2D eigenvalue weighted by Crippen LogP contribution is -2.24. The number of benzene rings is 2. The van der Waals surface area contributed by atoms with E-state index < -0.39 is 0 Å². The average Bonchev–Trinajstić information content (AvgIpc) is 3.18. The van der Waals surface area contributed by atoms with Crippen molar-refractivity contribution in [2.45, 2.75) is 24.2 Å². The fourth-order valence-corrected chi connectivity index (χ4v) is 5.13. The minimum atomic E-state index is -0.0230. The van der Waals surface area contributed by atoms with Crippen molar-refractivity contribution in [1.29, 1.82) is 0 Å². The minimum absolute atomic E-state index is 0.0230. The van der Waals surface area contributed by atoms with Gasteiger partial charge in [-0.2, -0.15) is 0 Å². The smallest absolute Gasteiger partial charge is 0.200 e. The van der Waals surface area contributed by atoms with Crippen LogP contribution in [0.4, 0.5) is 5.69 Å². The summed E-state index contributed by atoms with van der Waals surface area (Å²) in [4.78, 5) is 16.5. The van der Waals surface area contributed by atoms with Crippen LogP contribution < -0.4 is 4.90 Å². The third-order valence-corrected chi connectivity index (χ3v) is 6.80. The first-order valence-corrected chi connectivity index (χ1v) is 10.6. The maximum atomic E-state index is 12.4. The monoisotopic (exact) mass is 395 g/mol. The van der Waals surface area contributed by atoms with Gasteiger partial charge in [0.05, 0.1) is 4.91 Å². The maximum Gasteiger partial charge on any atom is 0.200 e. The van der Waals surface area contributed by atoms with E-state index in [1.165, 1.54) is 16.9 Å². The largest absolute Gasteiger partial charge is 0.320 e. The molecule has 5 rings (SSSR count). The molecule has 3 heterocycles. The molecule has 0 radical (unpaired) electrons. The lowest BCUT2D eigenvalue weighted by Gasteiger charge is -2.27. The number of rotatable bonds is 2. The maximum absolute atomic E-state index is 12.4. The molecule has 3 aliphatic heterocycles. The second-order valence-electron chi connectivity index (χ2n) is 7.87. The summed E-state index contributed by atoms with van der Waals surface area (Å²) in [6.07, 6.45) is 14.5. The topological polar surface area (TPSA) is 20.3 Å². The average molecular weight is 396 g/mol. The van der Waals surface area contributed by atoms with Crippen LogP contribution in [0.15, 0.2) is 112 Å². The fourth-order valence-electron chi connectivity index (χ4n) is 4.12. The first kappa shape index (κ1) is 18.0. The molecule has 0 fully saturated rings. The van der Waals surface area contributed by atoms with Crippen molar-refractivity contribution in [3.8, 4) is 0 Å². The summed E-state index contributed by atoms with van der Waals surface area (Å²) in [7, 11) is 0. The van der Waals surface area contributed by atoms with Gasteiger partial charge in [-0.25, -0.2) is 0 Å². The summed E-state index contributed by atoms with van der Waals surface area (Å²) in [6.45, 7) is 4.55. The Labute approximate surface area is 175 Å². The Morgan fingerprint density at radius 3 is 2.59 bits per heavy atom. The van der Waals surface area contributed by atoms with Crippen LogP contribution in [-0.4, -0.2) is 5.78 Å². The van der Waals surface area contributed by atoms with E-state index in [0.29, 0.717) is 0 Å². The molecule has 0 N–H and O–H groups in total. The number of nitrogens with zero attached hydrogens (tertiary/aromatic N) is 1. The van der Waals surface area contributed by atoms with Crippen molar-refractivity contribution >= 4 is 23.2 Å². The van der Waals surface area contributed by atoms with Crippen LogP contribution in [0.5, 0.6) is 0 Å². The van der Waals surface area contributed by atoms with Crippen LogP contribution in [0.3, 0.4) is 0 Å². The zero-order valence-electron chi connectivity index (χ0n) is 16.4. The van der Waals surface area contributed by atoms with Gasteiger partial charge in [-0.3, -0.25) is 4.79 Å². The minimum Gasteiger partial charge on any atom is -0.320 e. The number of carbonyl (C=O) groups excluding carboxylic acids is 1. The molecule has 2 nitrogen and oxygen atoms in total. The van der Waals surface area contributed by atoms with Crippen molar-refractivity contribution in [1.82, 2.24) is 0 Å². The van der Waals surface area contributed by atoms with Gasteiger partial charge in [0.2, 0.25) is 5.78 Å². The molecule has 0 unspecified atom stereocenters. The molecule has 0 atom stereocenters. The van der Waals surface area contributed by atoms with Gasteiger partial charge >= 0.3 is 0 Å². The Kier molecular flexibility index (Phi) is 4.21. The number of anilines is 1. The van der Waals surface area contributed by atoms with Crippen LogP contribution >= 0.6 is 11.8 Å². The van der Waals surface area contributed by atoms with Crippen molar-refractivity contribution in [2.75, 3.05) is 4.90 Å². The van der Waals surface area contributed by atoms with Gasteiger partial charge in [0.1, 0.15) is 0 Å². The van der Waals surface area contributed by atoms with E-state index in [2.05, 4.69) is 67.4 Å². The number of carbonyl (C=O) groups is 1. The van der Waals surface area contributed by atoms with Crippen LogP contribution in [-0.2, 0) is 5.41 Å². The second-order valence-corrected chi connectivity index (χ2v) is 8.95. The predicted molar refractivity (Wildman–Crippen MR) is 121 cm³/mol. The van der Waals surface area contributed by atoms with E-state index in [9.17, 15) is 4.79 Å². The molecule has 29 heavy (non-hydrogen) atoms. The van der Waals surface area contributed by atoms with Gasteiger partial charge < -0.3 is 4.90 Å². The van der Waals surface area contributed by atoms with Crippen molar-refractivity contribution in [3.63, 3.8) is 0 Å². The Morgan fingerprint density at radius 2 is 1.72 bits per heavy atom. The summed E-state index contributed by atoms with van der Waals surface area (Å²) in [5.41, 5.74) is 5.84. The van der Waals surface area contributed by atoms with E-state index in [4.69, 9.17) is 0 Å². The number of allylic oxidation sites excluding steroid dienone is 9. The van der Waals surface area contributed by atoms with Crippen molar-refractivity contribution in [2.24, 2.45) is 0 Å². The molecule has 0 saturated carbocycles. The highest BCUT2D eigenvalue weighted by molar-refractivity contribution is 8.04. The van der Waals surface area contributed by atoms with Crippen LogP contribution in [0.1, 0.15) is 29.8 Å². The molecule has 0 amide bonds. The van der Waals surface area contributed by atoms with Gasteiger partial charge in [0, 0.05) is 33.5 Å². The first-order valence-electron chi connectivity index (χ1n) is 9.75. The molecule has 0 bridgehead atoms. The number of hydrogen-bond donors (Lipinski definition) is 0. The fraction of sp³-hybridized carbons (Fsp3) is 0.115. The summed E-state index contributed by atoms with van der Waals surface area (Å²) in [5, 5.41) is 0. The lowest BCUT2D eigenvalue weighted by molar-refractivity contribution is 0.104. The number of ketones is 1. The molecule has 0 spiro atoms. The molecule has 3 aliphatic rings. The molecule has 2 aromatic carbocycles. The van der Waals surface area contributed by atoms with Gasteiger partial charge in [-0.05, 0) is 47.6 Å². The number of para-hydroxylation sites is 1. The second kappa shape index (κ2) is 6.78. The Bertz CT molecular complexity index is 1180. The van der Waals surface area contributed by atoms with Gasteiger partial charge in [0.25, 0.3) is 0 Å². The van der Waals surface area contributed by atoms with Gasteiger partial charge in [-0.15, -0.1) is 0 Å². The molecule has 0 saturated heterocycles. The SMILES string of the molecule is CC1(C)C2=C/C(=C/C=C/C=C3\Sc4ccccc4C3=O)C=CN2c2ccccc21. The van der Waals surface area contributed by atoms with E-state index in [1.807, 2.05) is 42.5 Å². The van der Waals surface area contributed by atoms with Gasteiger partial charge in [-0.1, -0.05) is 74.2 Å². The highest BCUT2D eigenvalue weighted by Crippen LogP contribution is 2.49.